The minimum absolute atomic E-state index is 0.727. The first kappa shape index (κ1) is 21.0. The third-order valence-electron chi connectivity index (χ3n) is 7.07. The van der Waals surface area contributed by atoms with E-state index < -0.39 is 0 Å². The Kier molecular flexibility index (Phi) is 6.14. The molecule has 1 aliphatic carbocycles. The summed E-state index contributed by atoms with van der Waals surface area (Å²) in [6, 6.07) is 14.4. The van der Waals surface area contributed by atoms with Crippen LogP contribution in [-0.4, -0.2) is 29.8 Å². The van der Waals surface area contributed by atoms with E-state index in [0.29, 0.717) is 0 Å². The van der Waals surface area contributed by atoms with Crippen LogP contribution >= 0.6 is 0 Å². The molecule has 2 aliphatic rings. The number of aryl methyl sites for hydroxylation is 2. The molecule has 5 rings (SSSR count). The Morgan fingerprint density at radius 1 is 1.06 bits per heavy atom. The van der Waals surface area contributed by atoms with Gasteiger partial charge in [0.2, 0.25) is 0 Å². The molecule has 0 atom stereocenters. The fourth-order valence-electron chi connectivity index (χ4n) is 4.71. The number of nitrogens with zero attached hydrogens (tertiary/aromatic N) is 3. The lowest BCUT2D eigenvalue weighted by atomic mass is 9.91. The van der Waals surface area contributed by atoms with Gasteiger partial charge in [0, 0.05) is 17.5 Å². The quantitative estimate of drug-likeness (QED) is 0.464. The summed E-state index contributed by atoms with van der Waals surface area (Å²) < 4.78 is 11.7. The van der Waals surface area contributed by atoms with Crippen molar-refractivity contribution in [1.82, 2.24) is 10.1 Å². The van der Waals surface area contributed by atoms with Gasteiger partial charge >= 0.3 is 0 Å². The van der Waals surface area contributed by atoms with Crippen molar-refractivity contribution >= 4 is 11.0 Å². The Hall–Kier alpha value is -2.84. The van der Waals surface area contributed by atoms with Crippen molar-refractivity contribution in [3.05, 3.63) is 58.8 Å². The SMILES string of the molecule is Cc1c(OCC2CC2)ccc2c(CCC3CCN(Cc4ccc(C#N)cc4)CC3)noc12. The summed E-state index contributed by atoms with van der Waals surface area (Å²) in [5.41, 5.74) is 5.04. The molecule has 1 saturated carbocycles. The van der Waals surface area contributed by atoms with Crippen LogP contribution in [0, 0.1) is 30.1 Å². The number of hydrogen-bond acceptors (Lipinski definition) is 5. The van der Waals surface area contributed by atoms with Crippen molar-refractivity contribution in [3.8, 4) is 11.8 Å². The van der Waals surface area contributed by atoms with Gasteiger partial charge in [-0.25, -0.2) is 0 Å². The molecule has 1 saturated heterocycles. The predicted molar refractivity (Wildman–Crippen MR) is 124 cm³/mol. The lowest BCUT2D eigenvalue weighted by molar-refractivity contribution is 0.172. The highest BCUT2D eigenvalue weighted by molar-refractivity contribution is 5.84. The van der Waals surface area contributed by atoms with E-state index in [1.807, 2.05) is 12.1 Å². The van der Waals surface area contributed by atoms with E-state index in [1.165, 1.54) is 31.2 Å². The summed E-state index contributed by atoms with van der Waals surface area (Å²) in [7, 11) is 0. The third-order valence-corrected chi connectivity index (χ3v) is 7.07. The molecule has 1 aliphatic heterocycles. The summed E-state index contributed by atoms with van der Waals surface area (Å²) in [5.74, 6) is 2.41. The maximum Gasteiger partial charge on any atom is 0.173 e. The van der Waals surface area contributed by atoms with E-state index in [2.05, 4.69) is 47.3 Å². The van der Waals surface area contributed by atoms with E-state index >= 15 is 0 Å². The summed E-state index contributed by atoms with van der Waals surface area (Å²) in [5, 5.41) is 14.5. The molecule has 0 N–H and O–H groups in total. The van der Waals surface area contributed by atoms with Gasteiger partial charge in [-0.15, -0.1) is 0 Å². The monoisotopic (exact) mass is 429 g/mol. The van der Waals surface area contributed by atoms with Crippen molar-refractivity contribution in [2.75, 3.05) is 19.7 Å². The van der Waals surface area contributed by atoms with Gasteiger partial charge in [-0.05, 0) is 100 Å². The zero-order valence-corrected chi connectivity index (χ0v) is 18.8. The highest BCUT2D eigenvalue weighted by Crippen LogP contribution is 2.34. The smallest absolute Gasteiger partial charge is 0.173 e. The number of benzene rings is 2. The number of rotatable bonds is 8. The van der Waals surface area contributed by atoms with E-state index in [-0.39, 0.29) is 0 Å². The first-order chi connectivity index (χ1) is 15.7. The second kappa shape index (κ2) is 9.34. The number of fused-ring (bicyclic) bond motifs is 1. The molecule has 2 fully saturated rings. The van der Waals surface area contributed by atoms with E-state index in [0.717, 1.165) is 84.5 Å². The molecule has 0 bridgehead atoms. The Morgan fingerprint density at radius 2 is 1.84 bits per heavy atom. The van der Waals surface area contributed by atoms with Crippen LogP contribution in [0.1, 0.15) is 54.5 Å². The third kappa shape index (κ3) is 4.81. The number of piperidine rings is 1. The first-order valence-corrected chi connectivity index (χ1v) is 11.9. The lowest BCUT2D eigenvalue weighted by Gasteiger charge is -2.32. The molecule has 5 heteroatoms. The summed E-state index contributed by atoms with van der Waals surface area (Å²) in [6.07, 6.45) is 7.17. The molecule has 32 heavy (non-hydrogen) atoms. The van der Waals surface area contributed by atoms with Crippen LogP contribution in [-0.2, 0) is 13.0 Å². The molecule has 2 aromatic carbocycles. The molecule has 1 aromatic heterocycles. The molecule has 0 spiro atoms. The standard InChI is InChI=1S/C27H31N3O2/c1-19-26(31-18-23-6-7-23)11-9-24-25(29-32-27(19)24)10-8-20-12-14-30(15-13-20)17-22-4-2-21(16-28)3-5-22/h2-5,9,11,20,23H,6-8,10,12-15,17-18H2,1H3. The van der Waals surface area contributed by atoms with Crippen molar-refractivity contribution in [2.45, 2.75) is 52.0 Å². The average molecular weight is 430 g/mol. The fourth-order valence-corrected chi connectivity index (χ4v) is 4.71. The van der Waals surface area contributed by atoms with Gasteiger partial charge in [0.15, 0.2) is 5.58 Å². The summed E-state index contributed by atoms with van der Waals surface area (Å²) in [6.45, 7) is 6.12. The molecule has 2 heterocycles. The number of ether oxygens (including phenoxy) is 1. The van der Waals surface area contributed by atoms with Crippen LogP contribution in [0.2, 0.25) is 0 Å². The zero-order valence-electron chi connectivity index (χ0n) is 18.8. The van der Waals surface area contributed by atoms with Crippen LogP contribution in [0.3, 0.4) is 0 Å². The Morgan fingerprint density at radius 3 is 2.56 bits per heavy atom. The van der Waals surface area contributed by atoms with Crippen molar-refractivity contribution < 1.29 is 9.26 Å². The van der Waals surface area contributed by atoms with Crippen LogP contribution < -0.4 is 4.74 Å². The van der Waals surface area contributed by atoms with Crippen molar-refractivity contribution in [3.63, 3.8) is 0 Å². The lowest BCUT2D eigenvalue weighted by Crippen LogP contribution is -2.33. The largest absolute Gasteiger partial charge is 0.493 e. The van der Waals surface area contributed by atoms with Gasteiger partial charge in [0.1, 0.15) is 5.75 Å². The molecule has 0 unspecified atom stereocenters. The minimum atomic E-state index is 0.727. The van der Waals surface area contributed by atoms with Crippen LogP contribution in [0.15, 0.2) is 40.9 Å². The van der Waals surface area contributed by atoms with Crippen LogP contribution in [0.4, 0.5) is 0 Å². The Bertz CT molecular complexity index is 1100. The maximum absolute atomic E-state index is 8.95. The maximum atomic E-state index is 8.95. The number of likely N-dealkylation sites (tertiary alicyclic amines) is 1. The van der Waals surface area contributed by atoms with Gasteiger partial charge in [-0.3, -0.25) is 4.90 Å². The van der Waals surface area contributed by atoms with Crippen LogP contribution in [0.25, 0.3) is 11.0 Å². The van der Waals surface area contributed by atoms with Gasteiger partial charge < -0.3 is 9.26 Å². The highest BCUT2D eigenvalue weighted by Gasteiger charge is 2.23. The molecule has 0 radical (unpaired) electrons. The Labute approximate surface area is 189 Å². The highest BCUT2D eigenvalue weighted by atomic mass is 16.5. The second-order valence-corrected chi connectivity index (χ2v) is 9.52. The fraction of sp³-hybridized carbons (Fsp3) is 0.481. The van der Waals surface area contributed by atoms with Crippen molar-refractivity contribution in [1.29, 1.82) is 5.26 Å². The average Bonchev–Trinajstić information content (AvgIpc) is 3.56. The van der Waals surface area contributed by atoms with Gasteiger partial charge in [-0.2, -0.15) is 5.26 Å². The van der Waals surface area contributed by atoms with E-state index in [9.17, 15) is 0 Å². The first-order valence-electron chi connectivity index (χ1n) is 11.9. The predicted octanol–water partition coefficient (Wildman–Crippen LogP) is 5.64. The molecule has 3 aromatic rings. The minimum Gasteiger partial charge on any atom is -0.493 e. The van der Waals surface area contributed by atoms with Gasteiger partial charge in [0.25, 0.3) is 0 Å². The van der Waals surface area contributed by atoms with Gasteiger partial charge in [-0.1, -0.05) is 17.3 Å². The number of nitriles is 1. The van der Waals surface area contributed by atoms with E-state index in [1.54, 1.807) is 0 Å². The molecule has 0 amide bonds. The molecular weight excluding hydrogens is 398 g/mol. The topological polar surface area (TPSA) is 62.3 Å². The number of hydrogen-bond donors (Lipinski definition) is 0. The van der Waals surface area contributed by atoms with Crippen molar-refractivity contribution in [2.24, 2.45) is 11.8 Å². The summed E-state index contributed by atoms with van der Waals surface area (Å²) >= 11 is 0. The molecule has 166 valence electrons. The van der Waals surface area contributed by atoms with Crippen LogP contribution in [0.5, 0.6) is 5.75 Å². The number of aromatic nitrogens is 1. The summed E-state index contributed by atoms with van der Waals surface area (Å²) in [4.78, 5) is 2.52. The zero-order chi connectivity index (χ0) is 21.9. The molecular formula is C27H31N3O2. The van der Waals surface area contributed by atoms with E-state index in [4.69, 9.17) is 14.5 Å². The van der Waals surface area contributed by atoms with Gasteiger partial charge in [0.05, 0.1) is 23.9 Å². The second-order valence-electron chi connectivity index (χ2n) is 9.52. The molecule has 5 nitrogen and oxygen atoms in total. The Balaban J connectivity index is 1.12. The normalized spacial score (nSPS) is 17.5.